The SMILES string of the molecule is O=C(C=Cc1ccccc1)Oc1ccc(Br)c(Br)c1Br. The molecular weight excluding hydrogens is 452 g/mol. The summed E-state index contributed by atoms with van der Waals surface area (Å²) in [5, 5.41) is 0. The predicted molar refractivity (Wildman–Crippen MR) is 90.7 cm³/mol. The number of carbonyl (C=O) groups is 1. The minimum atomic E-state index is -0.427. The Bertz CT molecular complexity index is 652. The zero-order valence-electron chi connectivity index (χ0n) is 10.1. The molecule has 0 aromatic heterocycles. The molecule has 0 bridgehead atoms. The van der Waals surface area contributed by atoms with E-state index in [4.69, 9.17) is 4.74 Å². The van der Waals surface area contributed by atoms with Crippen molar-refractivity contribution in [3.8, 4) is 5.75 Å². The summed E-state index contributed by atoms with van der Waals surface area (Å²) in [4.78, 5) is 11.8. The Balaban J connectivity index is 2.09. The Hall–Kier alpha value is -0.910. The fourth-order valence-electron chi connectivity index (χ4n) is 1.46. The van der Waals surface area contributed by atoms with Gasteiger partial charge in [-0.15, -0.1) is 0 Å². The Morgan fingerprint density at radius 3 is 2.35 bits per heavy atom. The summed E-state index contributed by atoms with van der Waals surface area (Å²) < 4.78 is 7.65. The standard InChI is InChI=1S/C15H9Br3O2/c16-11-7-8-12(15(18)14(11)17)20-13(19)9-6-10-4-2-1-3-5-10/h1-9H. The molecule has 0 aliphatic heterocycles. The molecule has 0 spiro atoms. The Morgan fingerprint density at radius 2 is 1.65 bits per heavy atom. The normalized spacial score (nSPS) is 10.8. The van der Waals surface area contributed by atoms with Gasteiger partial charge in [0.15, 0.2) is 0 Å². The number of hydrogen-bond acceptors (Lipinski definition) is 2. The van der Waals surface area contributed by atoms with Crippen LogP contribution in [0.2, 0.25) is 0 Å². The maximum absolute atomic E-state index is 11.8. The second-order valence-electron chi connectivity index (χ2n) is 3.84. The summed E-state index contributed by atoms with van der Waals surface area (Å²) in [6.07, 6.45) is 3.11. The van der Waals surface area contributed by atoms with E-state index < -0.39 is 5.97 Å². The maximum atomic E-state index is 11.8. The van der Waals surface area contributed by atoms with Gasteiger partial charge in [-0.2, -0.15) is 0 Å². The van der Waals surface area contributed by atoms with Crippen LogP contribution in [0, 0.1) is 0 Å². The molecule has 2 nitrogen and oxygen atoms in total. The van der Waals surface area contributed by atoms with Gasteiger partial charge in [0.25, 0.3) is 0 Å². The van der Waals surface area contributed by atoms with Crippen molar-refractivity contribution in [2.75, 3.05) is 0 Å². The summed E-state index contributed by atoms with van der Waals surface area (Å²) in [7, 11) is 0. The third-order valence-electron chi connectivity index (χ3n) is 2.42. The maximum Gasteiger partial charge on any atom is 0.336 e. The van der Waals surface area contributed by atoms with Crippen LogP contribution in [0.3, 0.4) is 0 Å². The van der Waals surface area contributed by atoms with E-state index in [-0.39, 0.29) is 0 Å². The summed E-state index contributed by atoms with van der Waals surface area (Å²) >= 11 is 10.1. The van der Waals surface area contributed by atoms with Crippen LogP contribution in [0.4, 0.5) is 0 Å². The number of esters is 1. The van der Waals surface area contributed by atoms with Crippen LogP contribution in [0.15, 0.2) is 62.0 Å². The minimum Gasteiger partial charge on any atom is -0.422 e. The van der Waals surface area contributed by atoms with Crippen LogP contribution in [-0.4, -0.2) is 5.97 Å². The number of hydrogen-bond donors (Lipinski definition) is 0. The third kappa shape index (κ3) is 4.04. The highest BCUT2D eigenvalue weighted by atomic mass is 79.9. The molecule has 0 aliphatic carbocycles. The molecule has 0 amide bonds. The lowest BCUT2D eigenvalue weighted by molar-refractivity contribution is -0.128. The molecule has 20 heavy (non-hydrogen) atoms. The number of benzene rings is 2. The second-order valence-corrected chi connectivity index (χ2v) is 6.28. The van der Waals surface area contributed by atoms with Gasteiger partial charge in [-0.3, -0.25) is 0 Å². The van der Waals surface area contributed by atoms with Gasteiger partial charge >= 0.3 is 5.97 Å². The highest BCUT2D eigenvalue weighted by molar-refractivity contribution is 9.14. The molecule has 5 heteroatoms. The molecule has 0 saturated heterocycles. The molecular formula is C15H9Br3O2. The van der Waals surface area contributed by atoms with E-state index in [1.165, 1.54) is 6.08 Å². The first kappa shape index (κ1) is 15.5. The first-order valence-electron chi connectivity index (χ1n) is 5.66. The van der Waals surface area contributed by atoms with E-state index in [0.29, 0.717) is 10.2 Å². The third-order valence-corrected chi connectivity index (χ3v) is 5.76. The molecule has 2 aromatic carbocycles. The van der Waals surface area contributed by atoms with Gasteiger partial charge in [0.2, 0.25) is 0 Å². The first-order valence-corrected chi connectivity index (χ1v) is 8.04. The smallest absolute Gasteiger partial charge is 0.336 e. The topological polar surface area (TPSA) is 26.3 Å². The summed E-state index contributed by atoms with van der Waals surface area (Å²) in [6, 6.07) is 13.1. The van der Waals surface area contributed by atoms with E-state index >= 15 is 0 Å². The molecule has 0 N–H and O–H groups in total. The van der Waals surface area contributed by atoms with E-state index in [9.17, 15) is 4.79 Å². The summed E-state index contributed by atoms with van der Waals surface area (Å²) in [5.41, 5.74) is 0.945. The van der Waals surface area contributed by atoms with Gasteiger partial charge < -0.3 is 4.74 Å². The number of ether oxygens (including phenoxy) is 1. The highest BCUT2D eigenvalue weighted by Crippen LogP contribution is 2.37. The second kappa shape index (κ2) is 7.20. The Kier molecular flexibility index (Phi) is 5.57. The summed E-state index contributed by atoms with van der Waals surface area (Å²) in [5.74, 6) is 0.0339. The predicted octanol–water partition coefficient (Wildman–Crippen LogP) is 5.59. The summed E-state index contributed by atoms with van der Waals surface area (Å²) in [6.45, 7) is 0. The van der Waals surface area contributed by atoms with Gasteiger partial charge in [-0.1, -0.05) is 30.3 Å². The fourth-order valence-corrected chi connectivity index (χ4v) is 2.81. The lowest BCUT2D eigenvalue weighted by atomic mass is 10.2. The molecule has 0 aliphatic rings. The van der Waals surface area contributed by atoms with E-state index in [0.717, 1.165) is 14.5 Å². The molecule has 0 fully saturated rings. The van der Waals surface area contributed by atoms with Crippen molar-refractivity contribution in [1.82, 2.24) is 0 Å². The number of carbonyl (C=O) groups excluding carboxylic acids is 1. The van der Waals surface area contributed by atoms with Gasteiger partial charge in [0.05, 0.1) is 4.47 Å². The van der Waals surface area contributed by atoms with Crippen LogP contribution in [0.1, 0.15) is 5.56 Å². The Morgan fingerprint density at radius 1 is 0.950 bits per heavy atom. The zero-order valence-corrected chi connectivity index (χ0v) is 14.9. The van der Waals surface area contributed by atoms with Crippen molar-refractivity contribution in [3.63, 3.8) is 0 Å². The van der Waals surface area contributed by atoms with Crippen molar-refractivity contribution in [1.29, 1.82) is 0 Å². The Labute approximate surface area is 142 Å². The fraction of sp³-hybridized carbons (Fsp3) is 0. The molecule has 0 unspecified atom stereocenters. The van der Waals surface area contributed by atoms with Crippen molar-refractivity contribution in [3.05, 3.63) is 67.5 Å². The van der Waals surface area contributed by atoms with E-state index in [1.807, 2.05) is 30.3 Å². The molecule has 102 valence electrons. The molecule has 2 rings (SSSR count). The largest absolute Gasteiger partial charge is 0.422 e. The van der Waals surface area contributed by atoms with Crippen molar-refractivity contribution in [2.45, 2.75) is 0 Å². The minimum absolute atomic E-state index is 0.427. The van der Waals surface area contributed by atoms with E-state index in [2.05, 4.69) is 47.8 Å². The molecule has 0 heterocycles. The molecule has 0 radical (unpaired) electrons. The molecule has 0 saturated carbocycles. The van der Waals surface area contributed by atoms with Crippen LogP contribution in [0.25, 0.3) is 6.08 Å². The molecule has 2 aromatic rings. The quantitative estimate of drug-likeness (QED) is 0.258. The van der Waals surface area contributed by atoms with Gasteiger partial charge in [-0.05, 0) is 71.6 Å². The van der Waals surface area contributed by atoms with Gasteiger partial charge in [0.1, 0.15) is 5.75 Å². The van der Waals surface area contributed by atoms with Crippen LogP contribution in [0.5, 0.6) is 5.75 Å². The zero-order chi connectivity index (χ0) is 14.5. The number of rotatable bonds is 3. The van der Waals surface area contributed by atoms with Crippen molar-refractivity contribution < 1.29 is 9.53 Å². The van der Waals surface area contributed by atoms with Gasteiger partial charge in [0, 0.05) is 15.0 Å². The van der Waals surface area contributed by atoms with Crippen molar-refractivity contribution in [2.24, 2.45) is 0 Å². The van der Waals surface area contributed by atoms with Crippen LogP contribution >= 0.6 is 47.8 Å². The monoisotopic (exact) mass is 458 g/mol. The van der Waals surface area contributed by atoms with Crippen molar-refractivity contribution >= 4 is 59.8 Å². The van der Waals surface area contributed by atoms with Crippen LogP contribution < -0.4 is 4.74 Å². The molecule has 0 atom stereocenters. The first-order chi connectivity index (χ1) is 9.58. The van der Waals surface area contributed by atoms with E-state index in [1.54, 1.807) is 18.2 Å². The average Bonchev–Trinajstić information content (AvgIpc) is 2.47. The average molecular weight is 461 g/mol. The lowest BCUT2D eigenvalue weighted by Gasteiger charge is -2.07. The number of halogens is 3. The van der Waals surface area contributed by atoms with Gasteiger partial charge in [-0.25, -0.2) is 4.79 Å². The lowest BCUT2D eigenvalue weighted by Crippen LogP contribution is -2.04. The van der Waals surface area contributed by atoms with Crippen LogP contribution in [-0.2, 0) is 4.79 Å². The highest BCUT2D eigenvalue weighted by Gasteiger charge is 2.10.